The first-order valence-corrected chi connectivity index (χ1v) is 13.0. The molecule has 8 nitrogen and oxygen atoms in total. The summed E-state index contributed by atoms with van der Waals surface area (Å²) in [6.45, 7) is 2.12. The highest BCUT2D eigenvalue weighted by Crippen LogP contribution is 2.44. The van der Waals surface area contributed by atoms with Gasteiger partial charge in [-0.3, -0.25) is 4.79 Å². The van der Waals surface area contributed by atoms with Crippen LogP contribution in [-0.2, 0) is 16.2 Å². The van der Waals surface area contributed by atoms with Gasteiger partial charge in [0.15, 0.2) is 0 Å². The molecule has 6 rings (SSSR count). The van der Waals surface area contributed by atoms with Gasteiger partial charge in [-0.05, 0) is 37.3 Å². The molecule has 2 aromatic heterocycles. The fourth-order valence-electron chi connectivity index (χ4n) is 5.31. The van der Waals surface area contributed by atoms with Gasteiger partial charge in [0.1, 0.15) is 30.1 Å². The Labute approximate surface area is 216 Å². The van der Waals surface area contributed by atoms with Gasteiger partial charge >= 0.3 is 5.97 Å². The maximum Gasteiger partial charge on any atom is 0.328 e. The molecule has 2 N–H and O–H groups in total. The topological polar surface area (TPSA) is 95.5 Å². The molecule has 0 atom stereocenters. The highest BCUT2D eigenvalue weighted by molar-refractivity contribution is 6.01. The molecule has 37 heavy (non-hydrogen) atoms. The summed E-state index contributed by atoms with van der Waals surface area (Å²) in [5.74, 6) is 0.972. The van der Waals surface area contributed by atoms with Crippen LogP contribution in [-0.4, -0.2) is 38.7 Å². The first-order chi connectivity index (χ1) is 18.2. The van der Waals surface area contributed by atoms with Crippen molar-refractivity contribution in [2.45, 2.75) is 44.8 Å². The maximum absolute atomic E-state index is 12.7. The number of rotatable bonds is 7. The number of carbonyl (C=O) groups excluding carboxylic acids is 1. The smallest absolute Gasteiger partial charge is 0.328 e. The van der Waals surface area contributed by atoms with E-state index in [1.54, 1.807) is 0 Å². The van der Waals surface area contributed by atoms with Gasteiger partial charge in [0.25, 0.3) is 0 Å². The van der Waals surface area contributed by atoms with E-state index < -0.39 is 0 Å². The molecule has 1 saturated heterocycles. The number of nitrogens with two attached hydrogens (primary N) is 1. The Morgan fingerprint density at radius 1 is 0.946 bits per heavy atom. The zero-order chi connectivity index (χ0) is 25.2. The second-order valence-electron chi connectivity index (χ2n) is 9.90. The predicted octanol–water partition coefficient (Wildman–Crippen LogP) is 5.15. The Morgan fingerprint density at radius 3 is 2.51 bits per heavy atom. The summed E-state index contributed by atoms with van der Waals surface area (Å²) in [5.41, 5.74) is 10.1. The first kappa shape index (κ1) is 23.5. The molecule has 0 unspecified atom stereocenters. The molecule has 1 aliphatic carbocycles. The van der Waals surface area contributed by atoms with Crippen molar-refractivity contribution in [2.24, 2.45) is 5.92 Å². The zero-order valence-corrected chi connectivity index (χ0v) is 20.8. The Balaban J connectivity index is 1.25. The zero-order valence-electron chi connectivity index (χ0n) is 20.8. The molecule has 0 spiro atoms. The standard InChI is InChI=1S/C29H31N5O3/c30-27-26-24(23-11-5-6-12-25(23)36-18-20-9-3-1-4-10-20)17-34(28(26)32-19-31-27)22-15-21(16-22)29(35)37-33-13-7-2-8-14-33/h1,3-6,9-12,17,19,21-22H,2,7-8,13-16,18H2,(H2,30,31,32). The minimum absolute atomic E-state index is 0.103. The average Bonchev–Trinajstić information content (AvgIpc) is 3.28. The van der Waals surface area contributed by atoms with Crippen molar-refractivity contribution in [1.82, 2.24) is 19.6 Å². The molecule has 0 radical (unpaired) electrons. The van der Waals surface area contributed by atoms with Gasteiger partial charge in [0, 0.05) is 36.5 Å². The average molecular weight is 498 g/mol. The number of nitrogen functional groups attached to an aromatic ring is 1. The lowest BCUT2D eigenvalue weighted by atomic mass is 9.80. The van der Waals surface area contributed by atoms with Crippen LogP contribution in [0.5, 0.6) is 5.75 Å². The fourth-order valence-corrected chi connectivity index (χ4v) is 5.31. The van der Waals surface area contributed by atoms with Gasteiger partial charge in [-0.15, -0.1) is 5.06 Å². The largest absolute Gasteiger partial charge is 0.488 e. The number of piperidine rings is 1. The number of para-hydroxylation sites is 1. The molecule has 0 bridgehead atoms. The maximum atomic E-state index is 12.7. The molecule has 2 aliphatic rings. The van der Waals surface area contributed by atoms with Crippen LogP contribution >= 0.6 is 0 Å². The van der Waals surface area contributed by atoms with Crippen LogP contribution in [0.2, 0.25) is 0 Å². The Kier molecular flexibility index (Phi) is 6.49. The van der Waals surface area contributed by atoms with Crippen LogP contribution in [0.15, 0.2) is 67.1 Å². The summed E-state index contributed by atoms with van der Waals surface area (Å²) in [6, 6.07) is 18.2. The quantitative estimate of drug-likeness (QED) is 0.377. The number of benzene rings is 2. The van der Waals surface area contributed by atoms with Gasteiger partial charge in [-0.1, -0.05) is 55.0 Å². The van der Waals surface area contributed by atoms with E-state index in [4.69, 9.17) is 15.3 Å². The van der Waals surface area contributed by atoms with Crippen LogP contribution in [0, 0.1) is 5.92 Å². The number of ether oxygens (including phenoxy) is 1. The van der Waals surface area contributed by atoms with E-state index in [1.807, 2.05) is 59.7 Å². The molecule has 8 heteroatoms. The molecule has 1 aliphatic heterocycles. The van der Waals surface area contributed by atoms with E-state index in [1.165, 1.54) is 12.7 Å². The van der Waals surface area contributed by atoms with Gasteiger partial charge in [-0.2, -0.15) is 0 Å². The van der Waals surface area contributed by atoms with Crippen molar-refractivity contribution < 1.29 is 14.4 Å². The summed E-state index contributed by atoms with van der Waals surface area (Å²) in [4.78, 5) is 27.2. The number of nitrogens with zero attached hydrogens (tertiary/aromatic N) is 4. The fraction of sp³-hybridized carbons (Fsp3) is 0.345. The Morgan fingerprint density at radius 2 is 1.70 bits per heavy atom. The third-order valence-electron chi connectivity index (χ3n) is 7.43. The second-order valence-corrected chi connectivity index (χ2v) is 9.90. The molecule has 3 heterocycles. The first-order valence-electron chi connectivity index (χ1n) is 13.0. The van der Waals surface area contributed by atoms with Gasteiger partial charge in [0.2, 0.25) is 0 Å². The summed E-state index contributed by atoms with van der Waals surface area (Å²) in [7, 11) is 0. The third-order valence-corrected chi connectivity index (χ3v) is 7.43. The number of aromatic nitrogens is 3. The third kappa shape index (κ3) is 4.76. The number of hydrogen-bond acceptors (Lipinski definition) is 7. The van der Waals surface area contributed by atoms with Crippen molar-refractivity contribution in [3.63, 3.8) is 0 Å². The Hall–Kier alpha value is -3.91. The SMILES string of the molecule is Nc1ncnc2c1c(-c1ccccc1OCc1ccccc1)cn2C1CC(C(=O)ON2CCCCC2)C1. The van der Waals surface area contributed by atoms with Gasteiger partial charge < -0.3 is 19.9 Å². The Bertz CT molecular complexity index is 1390. The van der Waals surface area contributed by atoms with Crippen molar-refractivity contribution in [3.8, 4) is 16.9 Å². The molecule has 2 fully saturated rings. The highest BCUT2D eigenvalue weighted by atomic mass is 16.7. The number of hydroxylamine groups is 2. The predicted molar refractivity (Wildman–Crippen MR) is 141 cm³/mol. The van der Waals surface area contributed by atoms with Crippen LogP contribution in [0.4, 0.5) is 5.82 Å². The van der Waals surface area contributed by atoms with Crippen molar-refractivity contribution >= 4 is 22.8 Å². The summed E-state index contributed by atoms with van der Waals surface area (Å²) in [6.07, 6.45) is 8.37. The van der Waals surface area contributed by atoms with E-state index in [9.17, 15) is 4.79 Å². The molecule has 4 aromatic rings. The van der Waals surface area contributed by atoms with Crippen molar-refractivity contribution in [3.05, 3.63) is 72.7 Å². The van der Waals surface area contributed by atoms with Gasteiger partial charge in [-0.25, -0.2) is 9.97 Å². The number of carbonyl (C=O) groups is 1. The van der Waals surface area contributed by atoms with E-state index in [0.29, 0.717) is 25.3 Å². The monoisotopic (exact) mass is 497 g/mol. The van der Waals surface area contributed by atoms with Crippen LogP contribution < -0.4 is 10.5 Å². The minimum atomic E-state index is -0.122. The van der Waals surface area contributed by atoms with Crippen LogP contribution in [0.1, 0.15) is 43.7 Å². The molecule has 2 aromatic carbocycles. The summed E-state index contributed by atoms with van der Waals surface area (Å²) >= 11 is 0. The number of hydrogen-bond donors (Lipinski definition) is 1. The highest BCUT2D eigenvalue weighted by Gasteiger charge is 2.39. The van der Waals surface area contributed by atoms with Crippen LogP contribution in [0.3, 0.4) is 0 Å². The minimum Gasteiger partial charge on any atom is -0.488 e. The summed E-state index contributed by atoms with van der Waals surface area (Å²) < 4.78 is 8.38. The van der Waals surface area contributed by atoms with E-state index in [2.05, 4.69) is 20.7 Å². The lowest BCUT2D eigenvalue weighted by molar-refractivity contribution is -0.203. The normalized spacial score (nSPS) is 19.9. The van der Waals surface area contributed by atoms with Crippen molar-refractivity contribution in [2.75, 3.05) is 18.8 Å². The van der Waals surface area contributed by atoms with E-state index in [0.717, 1.165) is 59.4 Å². The molecule has 190 valence electrons. The lowest BCUT2D eigenvalue weighted by Gasteiger charge is -2.36. The van der Waals surface area contributed by atoms with E-state index >= 15 is 0 Å². The molecular weight excluding hydrogens is 466 g/mol. The summed E-state index contributed by atoms with van der Waals surface area (Å²) in [5, 5.41) is 2.63. The lowest BCUT2D eigenvalue weighted by Crippen LogP contribution is -2.39. The molecule has 0 amide bonds. The van der Waals surface area contributed by atoms with Gasteiger partial charge in [0.05, 0.1) is 11.3 Å². The van der Waals surface area contributed by atoms with Crippen LogP contribution in [0.25, 0.3) is 22.2 Å². The number of fused-ring (bicyclic) bond motifs is 1. The van der Waals surface area contributed by atoms with E-state index in [-0.39, 0.29) is 17.9 Å². The second kappa shape index (κ2) is 10.2. The molecule has 1 saturated carbocycles. The number of anilines is 1. The molecular formula is C29H31N5O3. The van der Waals surface area contributed by atoms with Crippen molar-refractivity contribution in [1.29, 1.82) is 0 Å².